The molecule has 0 bridgehead atoms. The largest absolute Gasteiger partial charge is 0.388 e. The van der Waals surface area contributed by atoms with E-state index in [1.54, 1.807) is 0 Å². The summed E-state index contributed by atoms with van der Waals surface area (Å²) in [4.78, 5) is 2.00. The van der Waals surface area contributed by atoms with Crippen molar-refractivity contribution in [3.05, 3.63) is 35.4 Å². The first-order valence-electron chi connectivity index (χ1n) is 5.91. The number of rotatable bonds is 6. The van der Waals surface area contributed by atoms with Crippen LogP contribution >= 0.6 is 0 Å². The third kappa shape index (κ3) is 4.41. The molecule has 100 valence electrons. The molecule has 0 aliphatic heterocycles. The Balaban J connectivity index is 2.73. The van der Waals surface area contributed by atoms with Crippen molar-refractivity contribution < 1.29 is 8.78 Å². The fourth-order valence-electron chi connectivity index (χ4n) is 1.65. The molecule has 3 N–H and O–H groups in total. The molecule has 1 aromatic carbocycles. The van der Waals surface area contributed by atoms with E-state index in [1.807, 2.05) is 18.7 Å². The SMILES string of the molecule is CC(C)N(CCC(=N)N)Cc1ccc(F)cc1F. The monoisotopic (exact) mass is 255 g/mol. The van der Waals surface area contributed by atoms with Gasteiger partial charge in [0, 0.05) is 37.2 Å². The van der Waals surface area contributed by atoms with Crippen LogP contribution in [0.2, 0.25) is 0 Å². The van der Waals surface area contributed by atoms with Crippen molar-refractivity contribution in [2.45, 2.75) is 32.9 Å². The molecule has 0 aliphatic carbocycles. The zero-order valence-corrected chi connectivity index (χ0v) is 10.7. The molecule has 0 aromatic heterocycles. The van der Waals surface area contributed by atoms with Gasteiger partial charge in [0.25, 0.3) is 0 Å². The highest BCUT2D eigenvalue weighted by molar-refractivity contribution is 5.76. The van der Waals surface area contributed by atoms with Crippen LogP contribution in [-0.4, -0.2) is 23.3 Å². The quantitative estimate of drug-likeness (QED) is 0.606. The Morgan fingerprint density at radius 3 is 2.56 bits per heavy atom. The maximum atomic E-state index is 13.5. The minimum Gasteiger partial charge on any atom is -0.388 e. The Labute approximate surface area is 106 Å². The minimum absolute atomic E-state index is 0.111. The molecule has 0 heterocycles. The van der Waals surface area contributed by atoms with E-state index in [1.165, 1.54) is 12.1 Å². The second kappa shape index (κ2) is 6.44. The van der Waals surface area contributed by atoms with Gasteiger partial charge in [0.2, 0.25) is 0 Å². The van der Waals surface area contributed by atoms with Crippen LogP contribution in [0, 0.1) is 17.0 Å². The lowest BCUT2D eigenvalue weighted by molar-refractivity contribution is 0.216. The van der Waals surface area contributed by atoms with Crippen molar-refractivity contribution in [1.82, 2.24) is 4.90 Å². The lowest BCUT2D eigenvalue weighted by atomic mass is 10.1. The highest BCUT2D eigenvalue weighted by atomic mass is 19.1. The summed E-state index contributed by atoms with van der Waals surface area (Å²) in [6, 6.07) is 3.79. The third-order valence-electron chi connectivity index (χ3n) is 2.79. The topological polar surface area (TPSA) is 53.1 Å². The van der Waals surface area contributed by atoms with Crippen LogP contribution in [-0.2, 0) is 6.54 Å². The molecule has 0 amide bonds. The van der Waals surface area contributed by atoms with E-state index in [4.69, 9.17) is 11.1 Å². The molecule has 0 spiro atoms. The molecule has 0 fully saturated rings. The van der Waals surface area contributed by atoms with Gasteiger partial charge in [0.15, 0.2) is 0 Å². The Bertz CT molecular complexity index is 419. The molecule has 5 heteroatoms. The first-order chi connectivity index (χ1) is 8.40. The average molecular weight is 255 g/mol. The van der Waals surface area contributed by atoms with Crippen LogP contribution < -0.4 is 5.73 Å². The van der Waals surface area contributed by atoms with Crippen LogP contribution in [0.1, 0.15) is 25.8 Å². The number of benzene rings is 1. The lowest BCUT2D eigenvalue weighted by Crippen LogP contribution is -2.33. The summed E-state index contributed by atoms with van der Waals surface area (Å²) in [5.74, 6) is -1.00. The van der Waals surface area contributed by atoms with Crippen LogP contribution in [0.25, 0.3) is 0 Å². The van der Waals surface area contributed by atoms with Gasteiger partial charge in [-0.15, -0.1) is 0 Å². The number of hydrogen-bond donors (Lipinski definition) is 2. The molecule has 0 unspecified atom stereocenters. The molecule has 1 aromatic rings. The van der Waals surface area contributed by atoms with E-state index in [2.05, 4.69) is 0 Å². The van der Waals surface area contributed by atoms with Gasteiger partial charge in [-0.3, -0.25) is 10.3 Å². The average Bonchev–Trinajstić information content (AvgIpc) is 2.26. The van der Waals surface area contributed by atoms with Gasteiger partial charge in [-0.25, -0.2) is 8.78 Å². The van der Waals surface area contributed by atoms with E-state index in [-0.39, 0.29) is 11.9 Å². The van der Waals surface area contributed by atoms with E-state index >= 15 is 0 Å². The minimum atomic E-state index is -0.573. The predicted molar refractivity (Wildman–Crippen MR) is 68.4 cm³/mol. The molecule has 3 nitrogen and oxygen atoms in total. The van der Waals surface area contributed by atoms with Crippen molar-refractivity contribution >= 4 is 5.84 Å². The number of halogens is 2. The molecular weight excluding hydrogens is 236 g/mol. The number of hydrogen-bond acceptors (Lipinski definition) is 2. The van der Waals surface area contributed by atoms with Gasteiger partial charge >= 0.3 is 0 Å². The van der Waals surface area contributed by atoms with Gasteiger partial charge in [-0.2, -0.15) is 0 Å². The molecule has 0 saturated heterocycles. The molecule has 0 saturated carbocycles. The summed E-state index contributed by atoms with van der Waals surface area (Å²) < 4.78 is 26.3. The highest BCUT2D eigenvalue weighted by Crippen LogP contribution is 2.14. The van der Waals surface area contributed by atoms with Crippen molar-refractivity contribution in [3.8, 4) is 0 Å². The molecule has 18 heavy (non-hydrogen) atoms. The summed E-state index contributed by atoms with van der Waals surface area (Å²) in [7, 11) is 0. The molecule has 0 atom stereocenters. The molecular formula is C13H19F2N3. The fraction of sp³-hybridized carbons (Fsp3) is 0.462. The molecule has 1 rings (SSSR count). The summed E-state index contributed by atoms with van der Waals surface area (Å²) in [5, 5.41) is 7.21. The summed E-state index contributed by atoms with van der Waals surface area (Å²) in [6.07, 6.45) is 0.445. The zero-order chi connectivity index (χ0) is 13.7. The third-order valence-corrected chi connectivity index (χ3v) is 2.79. The number of amidine groups is 1. The van der Waals surface area contributed by atoms with Crippen molar-refractivity contribution in [2.75, 3.05) is 6.54 Å². The number of nitrogens with one attached hydrogen (secondary N) is 1. The second-order valence-corrected chi connectivity index (χ2v) is 4.58. The maximum Gasteiger partial charge on any atom is 0.130 e. The number of nitrogens with zero attached hydrogens (tertiary/aromatic N) is 1. The highest BCUT2D eigenvalue weighted by Gasteiger charge is 2.13. The second-order valence-electron chi connectivity index (χ2n) is 4.58. The van der Waals surface area contributed by atoms with Gasteiger partial charge in [0.1, 0.15) is 11.6 Å². The first-order valence-corrected chi connectivity index (χ1v) is 5.91. The zero-order valence-electron chi connectivity index (χ0n) is 10.7. The maximum absolute atomic E-state index is 13.5. The Morgan fingerprint density at radius 1 is 1.39 bits per heavy atom. The van der Waals surface area contributed by atoms with Gasteiger partial charge in [-0.05, 0) is 19.9 Å². The van der Waals surface area contributed by atoms with Gasteiger partial charge < -0.3 is 5.73 Å². The number of nitrogens with two attached hydrogens (primary N) is 1. The van der Waals surface area contributed by atoms with E-state index in [0.29, 0.717) is 25.1 Å². The summed E-state index contributed by atoms with van der Waals surface area (Å²) in [6.45, 7) is 4.95. The normalized spacial score (nSPS) is 11.2. The lowest BCUT2D eigenvalue weighted by Gasteiger charge is -2.26. The fourth-order valence-corrected chi connectivity index (χ4v) is 1.65. The van der Waals surface area contributed by atoms with Gasteiger partial charge in [-0.1, -0.05) is 6.07 Å². The molecule has 0 radical (unpaired) electrons. The Morgan fingerprint density at radius 2 is 2.06 bits per heavy atom. The Kier molecular flexibility index (Phi) is 5.22. The van der Waals surface area contributed by atoms with Crippen molar-refractivity contribution in [3.63, 3.8) is 0 Å². The standard InChI is InChI=1S/C13H19F2N3/c1-9(2)18(6-5-13(16)17)8-10-3-4-11(14)7-12(10)15/h3-4,7,9H,5-6,8H2,1-2H3,(H3,16,17). The summed E-state index contributed by atoms with van der Waals surface area (Å²) in [5.41, 5.74) is 5.77. The molecule has 0 aliphatic rings. The van der Waals surface area contributed by atoms with Crippen molar-refractivity contribution in [2.24, 2.45) is 5.73 Å². The first kappa shape index (κ1) is 14.6. The Hall–Kier alpha value is -1.49. The van der Waals surface area contributed by atoms with E-state index in [0.717, 1.165) is 6.07 Å². The van der Waals surface area contributed by atoms with E-state index in [9.17, 15) is 8.78 Å². The van der Waals surface area contributed by atoms with Crippen LogP contribution in [0.15, 0.2) is 18.2 Å². The van der Waals surface area contributed by atoms with E-state index < -0.39 is 11.6 Å². The smallest absolute Gasteiger partial charge is 0.130 e. The van der Waals surface area contributed by atoms with Crippen LogP contribution in [0.3, 0.4) is 0 Å². The predicted octanol–water partition coefficient (Wildman–Crippen LogP) is 2.50. The van der Waals surface area contributed by atoms with Crippen LogP contribution in [0.4, 0.5) is 8.78 Å². The van der Waals surface area contributed by atoms with Crippen molar-refractivity contribution in [1.29, 1.82) is 5.41 Å². The van der Waals surface area contributed by atoms with Gasteiger partial charge in [0.05, 0.1) is 5.84 Å². The summed E-state index contributed by atoms with van der Waals surface area (Å²) >= 11 is 0. The van der Waals surface area contributed by atoms with Crippen LogP contribution in [0.5, 0.6) is 0 Å².